The molecule has 0 aliphatic rings. The second-order valence-corrected chi connectivity index (χ2v) is 3.81. The number of hydrogen-bond acceptors (Lipinski definition) is 3. The van der Waals surface area contributed by atoms with E-state index in [-0.39, 0.29) is 5.92 Å². The van der Waals surface area contributed by atoms with Gasteiger partial charge >= 0.3 is 5.97 Å². The molecule has 0 amide bonds. The maximum Gasteiger partial charge on any atom is 0.321 e. The van der Waals surface area contributed by atoms with Gasteiger partial charge in [-0.05, 0) is 6.07 Å². The fourth-order valence-electron chi connectivity index (χ4n) is 1.72. The maximum absolute atomic E-state index is 10.8. The van der Waals surface area contributed by atoms with Crippen LogP contribution in [0.4, 0.5) is 0 Å². The number of benzene rings is 1. The molecule has 1 aromatic heterocycles. The second-order valence-electron chi connectivity index (χ2n) is 3.81. The van der Waals surface area contributed by atoms with Crippen molar-refractivity contribution in [2.45, 2.75) is 18.9 Å². The number of carbonyl (C=O) groups is 1. The third kappa shape index (κ3) is 1.65. The average Bonchev–Trinajstić information content (AvgIpc) is 2.70. The predicted molar refractivity (Wildman–Crippen MR) is 60.1 cm³/mol. The summed E-state index contributed by atoms with van der Waals surface area (Å²) in [6, 6.07) is 6.62. The topological polar surface area (TPSA) is 92.0 Å². The molecule has 5 heteroatoms. The van der Waals surface area contributed by atoms with Gasteiger partial charge in [0, 0.05) is 17.0 Å². The molecule has 84 valence electrons. The zero-order chi connectivity index (χ0) is 11.7. The van der Waals surface area contributed by atoms with E-state index in [2.05, 4.69) is 10.2 Å². The molecule has 0 fully saturated rings. The van der Waals surface area contributed by atoms with Gasteiger partial charge in [0.2, 0.25) is 0 Å². The van der Waals surface area contributed by atoms with E-state index in [1.54, 1.807) is 6.92 Å². The van der Waals surface area contributed by atoms with Crippen LogP contribution >= 0.6 is 0 Å². The van der Waals surface area contributed by atoms with Crippen molar-refractivity contribution in [3.8, 4) is 0 Å². The normalized spacial score (nSPS) is 14.9. The lowest BCUT2D eigenvalue weighted by Crippen LogP contribution is -2.35. The molecule has 2 aromatic rings. The highest BCUT2D eigenvalue weighted by Crippen LogP contribution is 2.24. The van der Waals surface area contributed by atoms with Gasteiger partial charge in [-0.15, -0.1) is 0 Å². The van der Waals surface area contributed by atoms with Crippen molar-refractivity contribution < 1.29 is 9.90 Å². The van der Waals surface area contributed by atoms with Gasteiger partial charge < -0.3 is 10.8 Å². The number of aliphatic carboxylic acids is 1. The summed E-state index contributed by atoms with van der Waals surface area (Å²) in [6.45, 7) is 1.78. The van der Waals surface area contributed by atoms with Gasteiger partial charge in [-0.25, -0.2) is 0 Å². The first-order chi connectivity index (χ1) is 7.61. The second kappa shape index (κ2) is 3.94. The SMILES string of the molecule is CC(c1[nH]nc2ccccc12)C(N)C(=O)O. The smallest absolute Gasteiger partial charge is 0.321 e. The van der Waals surface area contributed by atoms with Crippen LogP contribution in [0, 0.1) is 0 Å². The van der Waals surface area contributed by atoms with Crippen molar-refractivity contribution in [3.63, 3.8) is 0 Å². The molecule has 4 N–H and O–H groups in total. The van der Waals surface area contributed by atoms with Crippen LogP contribution in [-0.2, 0) is 4.79 Å². The van der Waals surface area contributed by atoms with Crippen LogP contribution in [0.1, 0.15) is 18.5 Å². The van der Waals surface area contributed by atoms with Crippen molar-refractivity contribution in [1.29, 1.82) is 0 Å². The highest BCUT2D eigenvalue weighted by molar-refractivity contribution is 5.83. The number of aromatic amines is 1. The predicted octanol–water partition coefficient (Wildman–Crippen LogP) is 1.08. The Labute approximate surface area is 92.3 Å². The third-order valence-electron chi connectivity index (χ3n) is 2.77. The summed E-state index contributed by atoms with van der Waals surface area (Å²) in [5.74, 6) is -1.31. The van der Waals surface area contributed by atoms with Gasteiger partial charge in [0.25, 0.3) is 0 Å². The van der Waals surface area contributed by atoms with Crippen LogP contribution in [0.25, 0.3) is 10.9 Å². The van der Waals surface area contributed by atoms with E-state index in [1.165, 1.54) is 0 Å². The highest BCUT2D eigenvalue weighted by Gasteiger charge is 2.24. The third-order valence-corrected chi connectivity index (χ3v) is 2.77. The molecule has 0 spiro atoms. The minimum atomic E-state index is -1.01. The van der Waals surface area contributed by atoms with Gasteiger partial charge in [0.05, 0.1) is 5.52 Å². The van der Waals surface area contributed by atoms with Crippen LogP contribution in [-0.4, -0.2) is 27.3 Å². The fraction of sp³-hybridized carbons (Fsp3) is 0.273. The van der Waals surface area contributed by atoms with Crippen molar-refractivity contribution in [2.75, 3.05) is 0 Å². The Morgan fingerprint density at radius 2 is 2.19 bits per heavy atom. The number of rotatable bonds is 3. The Kier molecular flexibility index (Phi) is 2.62. The van der Waals surface area contributed by atoms with Crippen LogP contribution in [0.15, 0.2) is 24.3 Å². The number of fused-ring (bicyclic) bond motifs is 1. The molecule has 0 bridgehead atoms. The number of H-pyrrole nitrogens is 1. The van der Waals surface area contributed by atoms with E-state index in [4.69, 9.17) is 10.8 Å². The molecular formula is C11H13N3O2. The zero-order valence-corrected chi connectivity index (χ0v) is 8.84. The summed E-state index contributed by atoms with van der Waals surface area (Å²) < 4.78 is 0. The fourth-order valence-corrected chi connectivity index (χ4v) is 1.72. The van der Waals surface area contributed by atoms with E-state index in [9.17, 15) is 4.79 Å². The summed E-state index contributed by atoms with van der Waals surface area (Å²) in [7, 11) is 0. The average molecular weight is 219 g/mol. The largest absolute Gasteiger partial charge is 0.480 e. The Balaban J connectivity index is 2.44. The summed E-state index contributed by atoms with van der Waals surface area (Å²) in [5, 5.41) is 16.8. The van der Waals surface area contributed by atoms with Crippen LogP contribution in [0.2, 0.25) is 0 Å². The summed E-state index contributed by atoms with van der Waals surface area (Å²) in [6.07, 6.45) is 0. The number of nitrogens with one attached hydrogen (secondary N) is 1. The Hall–Kier alpha value is -1.88. The molecule has 2 unspecified atom stereocenters. The minimum Gasteiger partial charge on any atom is -0.480 e. The molecule has 5 nitrogen and oxygen atoms in total. The Bertz CT molecular complexity index is 521. The molecule has 1 aromatic carbocycles. The van der Waals surface area contributed by atoms with Crippen molar-refractivity contribution in [3.05, 3.63) is 30.0 Å². The molecule has 0 saturated carbocycles. The maximum atomic E-state index is 10.8. The van der Waals surface area contributed by atoms with Gasteiger partial charge in [0.15, 0.2) is 0 Å². The lowest BCUT2D eigenvalue weighted by Gasteiger charge is -2.14. The molecule has 0 saturated heterocycles. The lowest BCUT2D eigenvalue weighted by molar-refractivity contribution is -0.139. The van der Waals surface area contributed by atoms with Crippen LogP contribution < -0.4 is 5.73 Å². The first-order valence-corrected chi connectivity index (χ1v) is 5.02. The molecule has 0 radical (unpaired) electrons. The van der Waals surface area contributed by atoms with Crippen molar-refractivity contribution in [2.24, 2.45) is 5.73 Å². The quantitative estimate of drug-likeness (QED) is 0.720. The van der Waals surface area contributed by atoms with Gasteiger partial charge in [-0.3, -0.25) is 9.89 Å². The molecule has 16 heavy (non-hydrogen) atoms. The van der Waals surface area contributed by atoms with Crippen molar-refractivity contribution >= 4 is 16.9 Å². The molecule has 2 rings (SSSR count). The number of carboxylic acid groups (broad SMARTS) is 1. The molecular weight excluding hydrogens is 206 g/mol. The minimum absolute atomic E-state index is 0.301. The highest BCUT2D eigenvalue weighted by atomic mass is 16.4. The lowest BCUT2D eigenvalue weighted by atomic mass is 9.96. The Morgan fingerprint density at radius 1 is 1.50 bits per heavy atom. The number of carboxylic acids is 1. The standard InChI is InChI=1S/C11H13N3O2/c1-6(9(12)11(15)16)10-7-4-2-3-5-8(7)13-14-10/h2-6,9H,12H2,1H3,(H,13,14)(H,15,16). The zero-order valence-electron chi connectivity index (χ0n) is 8.84. The van der Waals surface area contributed by atoms with E-state index in [1.807, 2.05) is 24.3 Å². The molecule has 0 aliphatic heterocycles. The van der Waals surface area contributed by atoms with Gasteiger partial charge in [-0.2, -0.15) is 5.10 Å². The number of para-hydroxylation sites is 1. The van der Waals surface area contributed by atoms with Gasteiger partial charge in [-0.1, -0.05) is 25.1 Å². The molecule has 0 aliphatic carbocycles. The van der Waals surface area contributed by atoms with E-state index < -0.39 is 12.0 Å². The number of nitrogens with two attached hydrogens (primary N) is 1. The van der Waals surface area contributed by atoms with Crippen LogP contribution in [0.5, 0.6) is 0 Å². The van der Waals surface area contributed by atoms with Crippen LogP contribution in [0.3, 0.4) is 0 Å². The van der Waals surface area contributed by atoms with E-state index in [0.717, 1.165) is 16.6 Å². The van der Waals surface area contributed by atoms with Crippen molar-refractivity contribution in [1.82, 2.24) is 10.2 Å². The summed E-state index contributed by atoms with van der Waals surface area (Å²) >= 11 is 0. The van der Waals surface area contributed by atoms with E-state index in [0.29, 0.717) is 0 Å². The summed E-state index contributed by atoms with van der Waals surface area (Å²) in [5.41, 5.74) is 7.19. The first kappa shape index (κ1) is 10.6. The number of nitrogens with zero attached hydrogens (tertiary/aromatic N) is 1. The molecule has 2 atom stereocenters. The number of hydrogen-bond donors (Lipinski definition) is 3. The Morgan fingerprint density at radius 3 is 2.88 bits per heavy atom. The molecule has 1 heterocycles. The monoisotopic (exact) mass is 219 g/mol. The summed E-state index contributed by atoms with van der Waals surface area (Å²) in [4.78, 5) is 10.8. The van der Waals surface area contributed by atoms with Gasteiger partial charge in [0.1, 0.15) is 6.04 Å². The van der Waals surface area contributed by atoms with E-state index >= 15 is 0 Å². The first-order valence-electron chi connectivity index (χ1n) is 5.02. The number of aromatic nitrogens is 2.